The number of Topliss-reactive ketones (excluding diaryl/α,β-unsaturated/α-hetero) is 2. The second kappa shape index (κ2) is 5.69. The van der Waals surface area contributed by atoms with Crippen LogP contribution in [0.4, 0.5) is 0 Å². The van der Waals surface area contributed by atoms with E-state index in [1.807, 2.05) is 0 Å². The Morgan fingerprint density at radius 1 is 1.10 bits per heavy atom. The number of nitrogens with zero attached hydrogens (tertiary/aromatic N) is 1. The number of benzene rings is 1. The number of pyridine rings is 1. The average Bonchev–Trinajstić information content (AvgIpc) is 2.39. The summed E-state index contributed by atoms with van der Waals surface area (Å²) in [6.45, 7) is 2.95. The lowest BCUT2D eigenvalue weighted by atomic mass is 10.2. The molecular formula is C15H15NO4. The normalized spacial score (nSPS) is 10.5. The van der Waals surface area contributed by atoms with Gasteiger partial charge in [0, 0.05) is 11.5 Å². The average molecular weight is 273 g/mol. The number of aromatic nitrogens is 1. The zero-order valence-corrected chi connectivity index (χ0v) is 11.4. The van der Waals surface area contributed by atoms with Gasteiger partial charge in [0.05, 0.1) is 12.1 Å². The molecule has 2 rings (SSSR count). The summed E-state index contributed by atoms with van der Waals surface area (Å²) in [4.78, 5) is 33.9. The van der Waals surface area contributed by atoms with E-state index < -0.39 is 0 Å². The molecular weight excluding hydrogens is 258 g/mol. The Morgan fingerprint density at radius 2 is 1.85 bits per heavy atom. The maximum atomic E-state index is 11.8. The van der Waals surface area contributed by atoms with Gasteiger partial charge in [-0.25, -0.2) is 0 Å². The molecule has 0 aliphatic carbocycles. The van der Waals surface area contributed by atoms with E-state index in [-0.39, 0.29) is 30.3 Å². The Labute approximate surface area is 115 Å². The van der Waals surface area contributed by atoms with Crippen LogP contribution in [0.15, 0.2) is 35.1 Å². The van der Waals surface area contributed by atoms with Crippen LogP contribution in [0.5, 0.6) is 5.75 Å². The number of hydrogen-bond acceptors (Lipinski definition) is 4. The van der Waals surface area contributed by atoms with E-state index in [9.17, 15) is 14.4 Å². The van der Waals surface area contributed by atoms with E-state index in [4.69, 9.17) is 4.74 Å². The van der Waals surface area contributed by atoms with E-state index in [1.54, 1.807) is 24.3 Å². The van der Waals surface area contributed by atoms with Crippen molar-refractivity contribution in [3.63, 3.8) is 0 Å². The predicted molar refractivity (Wildman–Crippen MR) is 75.1 cm³/mol. The van der Waals surface area contributed by atoms with Gasteiger partial charge in [-0.1, -0.05) is 0 Å². The molecule has 0 bridgehead atoms. The number of carbonyl (C=O) groups excluding carboxylic acids is 2. The fraction of sp³-hybridized carbons (Fsp3) is 0.267. The van der Waals surface area contributed by atoms with Crippen molar-refractivity contribution in [1.29, 1.82) is 0 Å². The Morgan fingerprint density at radius 3 is 2.50 bits per heavy atom. The Bertz CT molecular complexity index is 730. The molecule has 0 saturated heterocycles. The number of ether oxygens (including phenoxy) is 1. The van der Waals surface area contributed by atoms with Gasteiger partial charge in [-0.05, 0) is 38.1 Å². The molecule has 0 fully saturated rings. The van der Waals surface area contributed by atoms with Gasteiger partial charge in [-0.2, -0.15) is 0 Å². The highest BCUT2D eigenvalue weighted by Gasteiger charge is 2.06. The smallest absolute Gasteiger partial charge is 0.251 e. The third-order valence-corrected chi connectivity index (χ3v) is 2.78. The predicted octanol–water partition coefficient (Wildman–Crippen LogP) is 1.56. The van der Waals surface area contributed by atoms with Crippen molar-refractivity contribution in [3.05, 3.63) is 40.7 Å². The van der Waals surface area contributed by atoms with E-state index in [1.165, 1.54) is 24.5 Å². The zero-order chi connectivity index (χ0) is 14.7. The molecule has 0 aliphatic rings. The van der Waals surface area contributed by atoms with Crippen LogP contribution in [-0.2, 0) is 16.1 Å². The van der Waals surface area contributed by atoms with Crippen molar-refractivity contribution in [2.75, 3.05) is 6.61 Å². The summed E-state index contributed by atoms with van der Waals surface area (Å²) in [6.07, 6.45) is 0. The van der Waals surface area contributed by atoms with Gasteiger partial charge in [0.2, 0.25) is 0 Å². The molecule has 0 radical (unpaired) electrons. The molecule has 20 heavy (non-hydrogen) atoms. The molecule has 0 unspecified atom stereocenters. The molecule has 0 N–H and O–H groups in total. The molecule has 2 aromatic rings. The van der Waals surface area contributed by atoms with E-state index in [0.29, 0.717) is 11.3 Å². The molecule has 0 amide bonds. The van der Waals surface area contributed by atoms with Crippen LogP contribution in [0.1, 0.15) is 13.8 Å². The largest absolute Gasteiger partial charge is 0.486 e. The molecule has 5 nitrogen and oxygen atoms in total. The molecule has 0 aliphatic heterocycles. The van der Waals surface area contributed by atoms with Crippen molar-refractivity contribution in [2.45, 2.75) is 20.4 Å². The second-order valence-electron chi connectivity index (χ2n) is 4.67. The third kappa shape index (κ3) is 3.12. The molecule has 0 saturated carbocycles. The lowest BCUT2D eigenvalue weighted by Gasteiger charge is -2.10. The molecule has 1 aromatic carbocycles. The van der Waals surface area contributed by atoms with Crippen molar-refractivity contribution >= 4 is 22.5 Å². The highest BCUT2D eigenvalue weighted by atomic mass is 16.5. The van der Waals surface area contributed by atoms with E-state index >= 15 is 0 Å². The van der Waals surface area contributed by atoms with Crippen molar-refractivity contribution in [2.24, 2.45) is 0 Å². The maximum Gasteiger partial charge on any atom is 0.251 e. The molecule has 0 atom stereocenters. The van der Waals surface area contributed by atoms with Crippen molar-refractivity contribution in [3.8, 4) is 5.75 Å². The van der Waals surface area contributed by atoms with Crippen LogP contribution >= 0.6 is 0 Å². The van der Waals surface area contributed by atoms with Crippen LogP contribution in [0.3, 0.4) is 0 Å². The van der Waals surface area contributed by atoms with Gasteiger partial charge >= 0.3 is 0 Å². The number of ketones is 2. The van der Waals surface area contributed by atoms with Gasteiger partial charge in [-0.15, -0.1) is 0 Å². The summed E-state index contributed by atoms with van der Waals surface area (Å²) in [5, 5.41) is 0.784. The van der Waals surface area contributed by atoms with Crippen molar-refractivity contribution < 1.29 is 14.3 Å². The van der Waals surface area contributed by atoms with Crippen molar-refractivity contribution in [1.82, 2.24) is 4.57 Å². The minimum Gasteiger partial charge on any atom is -0.486 e. The quantitative estimate of drug-likeness (QED) is 0.829. The van der Waals surface area contributed by atoms with Crippen LogP contribution < -0.4 is 10.3 Å². The Hall–Kier alpha value is -2.43. The third-order valence-electron chi connectivity index (χ3n) is 2.78. The summed E-state index contributed by atoms with van der Waals surface area (Å²) in [6, 6.07) is 8.24. The van der Waals surface area contributed by atoms with Crippen LogP contribution in [-0.4, -0.2) is 22.7 Å². The minimum absolute atomic E-state index is 0.0125. The number of fused-ring (bicyclic) bond motifs is 1. The summed E-state index contributed by atoms with van der Waals surface area (Å²) in [7, 11) is 0. The van der Waals surface area contributed by atoms with Gasteiger partial charge in [0.15, 0.2) is 5.78 Å². The molecule has 1 aromatic heterocycles. The highest BCUT2D eigenvalue weighted by Crippen LogP contribution is 2.19. The molecule has 1 heterocycles. The fourth-order valence-corrected chi connectivity index (χ4v) is 1.94. The van der Waals surface area contributed by atoms with E-state index in [2.05, 4.69) is 0 Å². The molecule has 5 heteroatoms. The van der Waals surface area contributed by atoms with Crippen LogP contribution in [0.2, 0.25) is 0 Å². The summed E-state index contributed by atoms with van der Waals surface area (Å²) >= 11 is 0. The number of hydrogen-bond donors (Lipinski definition) is 0. The summed E-state index contributed by atoms with van der Waals surface area (Å²) in [5.41, 5.74) is 0.452. The van der Waals surface area contributed by atoms with Gasteiger partial charge in [0.25, 0.3) is 5.56 Å². The van der Waals surface area contributed by atoms with Crippen LogP contribution in [0, 0.1) is 0 Å². The number of rotatable bonds is 5. The minimum atomic E-state index is -0.217. The first-order chi connectivity index (χ1) is 9.47. The summed E-state index contributed by atoms with van der Waals surface area (Å²) in [5.74, 6) is 0.406. The van der Waals surface area contributed by atoms with Gasteiger partial charge < -0.3 is 9.30 Å². The number of carbonyl (C=O) groups is 2. The topological polar surface area (TPSA) is 65.4 Å². The SMILES string of the molecule is CC(=O)COc1ccc2c(ccc(=O)n2CC(C)=O)c1. The fourth-order valence-electron chi connectivity index (χ4n) is 1.94. The first-order valence-electron chi connectivity index (χ1n) is 6.22. The van der Waals surface area contributed by atoms with Crippen LogP contribution in [0.25, 0.3) is 10.9 Å². The lowest BCUT2D eigenvalue weighted by Crippen LogP contribution is -2.22. The highest BCUT2D eigenvalue weighted by molar-refractivity contribution is 5.83. The Kier molecular flexibility index (Phi) is 3.98. The van der Waals surface area contributed by atoms with E-state index in [0.717, 1.165) is 5.39 Å². The second-order valence-corrected chi connectivity index (χ2v) is 4.67. The Balaban J connectivity index is 2.44. The van der Waals surface area contributed by atoms with Gasteiger partial charge in [0.1, 0.15) is 18.1 Å². The molecule has 104 valence electrons. The molecule has 0 spiro atoms. The zero-order valence-electron chi connectivity index (χ0n) is 11.4. The standard InChI is InChI=1S/C15H15NO4/c1-10(17)8-16-14-5-4-13(20-9-11(2)18)7-12(14)3-6-15(16)19/h3-7H,8-9H2,1-2H3. The first kappa shape index (κ1) is 14.0. The summed E-state index contributed by atoms with van der Waals surface area (Å²) < 4.78 is 6.75. The maximum absolute atomic E-state index is 11.8. The monoisotopic (exact) mass is 273 g/mol. The lowest BCUT2D eigenvalue weighted by molar-refractivity contribution is -0.119. The van der Waals surface area contributed by atoms with Gasteiger partial charge in [-0.3, -0.25) is 14.4 Å². The first-order valence-corrected chi connectivity index (χ1v) is 6.22.